The van der Waals surface area contributed by atoms with Gasteiger partial charge in [-0.05, 0) is 18.3 Å². The highest BCUT2D eigenvalue weighted by Crippen LogP contribution is 2.42. The molecule has 3 N–H and O–H groups in total. The molecule has 2 bridgehead atoms. The monoisotopic (exact) mass is 139 g/mol. The summed E-state index contributed by atoms with van der Waals surface area (Å²) < 4.78 is 0. The molecule has 0 heterocycles. The van der Waals surface area contributed by atoms with Crippen LogP contribution in [0, 0.1) is 17.8 Å². The van der Waals surface area contributed by atoms with Crippen molar-refractivity contribution in [3.63, 3.8) is 0 Å². The summed E-state index contributed by atoms with van der Waals surface area (Å²) in [5, 5.41) is 8.94. The summed E-state index contributed by atoms with van der Waals surface area (Å²) in [6.45, 7) is 0.257. The van der Waals surface area contributed by atoms with Crippen molar-refractivity contribution in [2.75, 3.05) is 6.61 Å². The van der Waals surface area contributed by atoms with E-state index in [1.54, 1.807) is 0 Å². The third kappa shape index (κ3) is 0.662. The average Bonchev–Trinajstić information content (AvgIpc) is 2.46. The van der Waals surface area contributed by atoms with Gasteiger partial charge in [-0.2, -0.15) is 0 Å². The van der Waals surface area contributed by atoms with Gasteiger partial charge in [-0.3, -0.25) is 0 Å². The molecule has 0 radical (unpaired) electrons. The molecule has 2 aliphatic carbocycles. The van der Waals surface area contributed by atoms with Gasteiger partial charge in [-0.1, -0.05) is 12.2 Å². The first kappa shape index (κ1) is 6.38. The third-order valence-electron chi connectivity index (χ3n) is 2.90. The number of nitrogens with two attached hydrogens (primary N) is 1. The fourth-order valence-corrected chi connectivity index (χ4v) is 2.22. The van der Waals surface area contributed by atoms with Crippen LogP contribution >= 0.6 is 0 Å². The summed E-state index contributed by atoms with van der Waals surface area (Å²) in [5.41, 5.74) is 5.86. The van der Waals surface area contributed by atoms with Crippen molar-refractivity contribution in [3.8, 4) is 0 Å². The molecule has 0 aromatic heterocycles. The van der Waals surface area contributed by atoms with Gasteiger partial charge >= 0.3 is 0 Å². The Morgan fingerprint density at radius 3 is 2.50 bits per heavy atom. The molecule has 0 amide bonds. The molecular weight excluding hydrogens is 126 g/mol. The maximum absolute atomic E-state index is 8.94. The van der Waals surface area contributed by atoms with Crippen LogP contribution in [0.5, 0.6) is 0 Å². The third-order valence-corrected chi connectivity index (χ3v) is 2.90. The highest BCUT2D eigenvalue weighted by Gasteiger charge is 2.41. The minimum Gasteiger partial charge on any atom is -0.396 e. The SMILES string of the molecule is N[C@H]1[C@@H](CO)[C@@H]2C=C[C@H]1C2. The number of allylic oxidation sites excluding steroid dienone is 1. The molecule has 2 heteroatoms. The molecule has 2 rings (SSSR count). The van der Waals surface area contributed by atoms with Crippen molar-refractivity contribution in [2.24, 2.45) is 23.5 Å². The van der Waals surface area contributed by atoms with Gasteiger partial charge in [0.1, 0.15) is 0 Å². The van der Waals surface area contributed by atoms with E-state index in [4.69, 9.17) is 10.8 Å². The van der Waals surface area contributed by atoms with Crippen LogP contribution in [-0.4, -0.2) is 17.8 Å². The van der Waals surface area contributed by atoms with Crippen molar-refractivity contribution < 1.29 is 5.11 Å². The molecule has 1 fully saturated rings. The number of aliphatic hydroxyl groups is 1. The Balaban J connectivity index is 2.18. The highest BCUT2D eigenvalue weighted by molar-refractivity contribution is 5.15. The van der Waals surface area contributed by atoms with Crippen LogP contribution in [0.1, 0.15) is 6.42 Å². The first-order chi connectivity index (χ1) is 4.83. The Kier molecular flexibility index (Phi) is 1.32. The van der Waals surface area contributed by atoms with E-state index < -0.39 is 0 Å². The van der Waals surface area contributed by atoms with E-state index in [0.29, 0.717) is 17.8 Å². The lowest BCUT2D eigenvalue weighted by Crippen LogP contribution is -2.35. The molecule has 0 unspecified atom stereocenters. The second-order valence-corrected chi connectivity index (χ2v) is 3.37. The number of aliphatic hydroxyl groups excluding tert-OH is 1. The molecule has 0 spiro atoms. The van der Waals surface area contributed by atoms with Gasteiger partial charge in [0.05, 0.1) is 0 Å². The lowest BCUT2D eigenvalue weighted by Gasteiger charge is -2.21. The predicted octanol–water partition coefficient (Wildman–Crippen LogP) is 0.128. The fourth-order valence-electron chi connectivity index (χ4n) is 2.22. The molecule has 0 aromatic carbocycles. The van der Waals surface area contributed by atoms with E-state index in [2.05, 4.69) is 12.2 Å². The van der Waals surface area contributed by atoms with Crippen LogP contribution in [0.4, 0.5) is 0 Å². The lowest BCUT2D eigenvalue weighted by atomic mass is 9.90. The van der Waals surface area contributed by atoms with Crippen molar-refractivity contribution >= 4 is 0 Å². The largest absolute Gasteiger partial charge is 0.396 e. The topological polar surface area (TPSA) is 46.2 Å². The Morgan fingerprint density at radius 2 is 2.10 bits per heavy atom. The summed E-state index contributed by atoms with van der Waals surface area (Å²) in [4.78, 5) is 0. The highest BCUT2D eigenvalue weighted by atomic mass is 16.3. The Morgan fingerprint density at radius 1 is 1.40 bits per heavy atom. The molecule has 0 aromatic rings. The van der Waals surface area contributed by atoms with Gasteiger partial charge < -0.3 is 10.8 Å². The van der Waals surface area contributed by atoms with Gasteiger partial charge in [0, 0.05) is 18.6 Å². The maximum atomic E-state index is 8.94. The van der Waals surface area contributed by atoms with E-state index in [1.165, 1.54) is 6.42 Å². The van der Waals surface area contributed by atoms with Gasteiger partial charge in [0.2, 0.25) is 0 Å². The zero-order chi connectivity index (χ0) is 7.14. The van der Waals surface area contributed by atoms with Gasteiger partial charge in [-0.15, -0.1) is 0 Å². The molecule has 0 saturated heterocycles. The molecule has 56 valence electrons. The van der Waals surface area contributed by atoms with E-state index in [0.717, 1.165) is 0 Å². The van der Waals surface area contributed by atoms with Crippen LogP contribution in [0.25, 0.3) is 0 Å². The number of fused-ring (bicyclic) bond motifs is 2. The molecule has 2 aliphatic rings. The summed E-state index contributed by atoms with van der Waals surface area (Å²) in [6, 6.07) is 0.222. The summed E-state index contributed by atoms with van der Waals surface area (Å²) in [5.74, 6) is 1.47. The van der Waals surface area contributed by atoms with Crippen LogP contribution in [0.15, 0.2) is 12.2 Å². The Bertz CT molecular complexity index is 167. The van der Waals surface area contributed by atoms with Gasteiger partial charge in [0.25, 0.3) is 0 Å². The van der Waals surface area contributed by atoms with Gasteiger partial charge in [-0.25, -0.2) is 0 Å². The zero-order valence-electron chi connectivity index (χ0n) is 5.90. The lowest BCUT2D eigenvalue weighted by molar-refractivity contribution is 0.193. The number of rotatable bonds is 1. The van der Waals surface area contributed by atoms with Crippen molar-refractivity contribution in [1.82, 2.24) is 0 Å². The second-order valence-electron chi connectivity index (χ2n) is 3.37. The van der Waals surface area contributed by atoms with E-state index in [9.17, 15) is 0 Å². The number of hydrogen-bond donors (Lipinski definition) is 2. The van der Waals surface area contributed by atoms with Crippen molar-refractivity contribution in [2.45, 2.75) is 12.5 Å². The Labute approximate surface area is 60.7 Å². The first-order valence-electron chi connectivity index (χ1n) is 3.87. The van der Waals surface area contributed by atoms with E-state index in [1.807, 2.05) is 0 Å². The first-order valence-corrected chi connectivity index (χ1v) is 3.87. The average molecular weight is 139 g/mol. The van der Waals surface area contributed by atoms with Gasteiger partial charge in [0.15, 0.2) is 0 Å². The smallest absolute Gasteiger partial charge is 0.0479 e. The zero-order valence-corrected chi connectivity index (χ0v) is 5.90. The molecule has 1 saturated carbocycles. The maximum Gasteiger partial charge on any atom is 0.0479 e. The molecular formula is C8H13NO. The molecule has 10 heavy (non-hydrogen) atoms. The van der Waals surface area contributed by atoms with Crippen molar-refractivity contribution in [1.29, 1.82) is 0 Å². The predicted molar refractivity (Wildman–Crippen MR) is 39.3 cm³/mol. The van der Waals surface area contributed by atoms with E-state index >= 15 is 0 Å². The second kappa shape index (κ2) is 2.07. The molecule has 4 atom stereocenters. The fraction of sp³-hybridized carbons (Fsp3) is 0.750. The Hall–Kier alpha value is -0.340. The quantitative estimate of drug-likeness (QED) is 0.507. The summed E-state index contributed by atoms with van der Waals surface area (Å²) >= 11 is 0. The number of hydrogen-bond acceptors (Lipinski definition) is 2. The van der Waals surface area contributed by atoms with Crippen LogP contribution in [-0.2, 0) is 0 Å². The van der Waals surface area contributed by atoms with Crippen LogP contribution < -0.4 is 5.73 Å². The summed E-state index contributed by atoms with van der Waals surface area (Å²) in [6.07, 6.45) is 5.57. The minimum atomic E-state index is 0.222. The minimum absolute atomic E-state index is 0.222. The normalized spacial score (nSPS) is 50.6. The summed E-state index contributed by atoms with van der Waals surface area (Å²) in [7, 11) is 0. The van der Waals surface area contributed by atoms with E-state index in [-0.39, 0.29) is 12.6 Å². The van der Waals surface area contributed by atoms with Crippen molar-refractivity contribution in [3.05, 3.63) is 12.2 Å². The standard InChI is InChI=1S/C8H13NO/c9-8-6-2-1-5(3-6)7(8)4-10/h1-2,5-8,10H,3-4,9H2/t5-,6+,7+,8-/m1/s1. The molecule has 2 nitrogen and oxygen atoms in total. The molecule has 0 aliphatic heterocycles. The van der Waals surface area contributed by atoms with Crippen LogP contribution in [0.3, 0.4) is 0 Å². The van der Waals surface area contributed by atoms with Crippen LogP contribution in [0.2, 0.25) is 0 Å².